The summed E-state index contributed by atoms with van der Waals surface area (Å²) in [7, 11) is 0. The quantitative estimate of drug-likeness (QED) is 0.117. The fourth-order valence-corrected chi connectivity index (χ4v) is 0.131. The summed E-state index contributed by atoms with van der Waals surface area (Å²) in [4.78, 5) is 20.0. The second-order valence-electron chi connectivity index (χ2n) is 0.947. The lowest BCUT2D eigenvalue weighted by Crippen LogP contribution is -2.45. The molecule has 0 unspecified atom stereocenters. The molecule has 0 saturated heterocycles. The van der Waals surface area contributed by atoms with Crippen molar-refractivity contribution in [2.45, 2.75) is 0 Å². The third kappa shape index (κ3) is 1.54. The largest absolute Gasteiger partial charge is 0.324 e. The van der Waals surface area contributed by atoms with E-state index in [2.05, 4.69) is 11.7 Å². The monoisotopic (exact) mass is 118 g/mol. The van der Waals surface area contributed by atoms with Gasteiger partial charge >= 0.3 is 11.8 Å². The van der Waals surface area contributed by atoms with Crippen molar-refractivity contribution in [2.24, 2.45) is 11.7 Å². The molecule has 0 aromatic heterocycles. The van der Waals surface area contributed by atoms with Crippen molar-refractivity contribution in [3.8, 4) is 0 Å². The maximum Gasteiger partial charge on any atom is 0.324 e. The van der Waals surface area contributed by atoms with Crippen LogP contribution in [-0.2, 0) is 9.59 Å². The molecule has 0 aliphatic heterocycles. The summed E-state index contributed by atoms with van der Waals surface area (Å²) in [5.41, 5.74) is 3.17. The Morgan fingerprint density at radius 1 is 1.00 bits per heavy atom. The zero-order valence-corrected chi connectivity index (χ0v) is 3.97. The van der Waals surface area contributed by atoms with Crippen molar-refractivity contribution in [1.82, 2.24) is 10.9 Å². The van der Waals surface area contributed by atoms with Crippen LogP contribution in [0.5, 0.6) is 0 Å². The van der Waals surface area contributed by atoms with Gasteiger partial charge in [-0.05, 0) is 0 Å². The maximum atomic E-state index is 10.0. The first-order chi connectivity index (χ1) is 3.72. The Kier molecular flexibility index (Phi) is 2.52. The highest BCUT2D eigenvalue weighted by Gasteiger charge is 2.06. The van der Waals surface area contributed by atoms with Gasteiger partial charge in [0.2, 0.25) is 0 Å². The molecule has 0 fully saturated rings. The van der Waals surface area contributed by atoms with E-state index in [1.807, 2.05) is 0 Å². The first-order valence-corrected chi connectivity index (χ1v) is 1.74. The second kappa shape index (κ2) is 2.94. The van der Waals surface area contributed by atoms with Crippen LogP contribution in [0.2, 0.25) is 0 Å². The van der Waals surface area contributed by atoms with E-state index in [4.69, 9.17) is 0 Å². The van der Waals surface area contributed by atoms with Gasteiger partial charge in [-0.25, -0.2) is 11.7 Å². The molecule has 0 atom stereocenters. The van der Waals surface area contributed by atoms with Gasteiger partial charge in [0.05, 0.1) is 0 Å². The summed E-state index contributed by atoms with van der Waals surface area (Å²) in [5, 5.41) is 0. The molecule has 8 heavy (non-hydrogen) atoms. The molecule has 0 spiro atoms. The van der Waals surface area contributed by atoms with Gasteiger partial charge in [-0.1, -0.05) is 0 Å². The average molecular weight is 118 g/mol. The van der Waals surface area contributed by atoms with Crippen LogP contribution in [0, 0.1) is 0 Å². The molecule has 0 saturated carbocycles. The molecule has 0 aliphatic rings. The predicted octanol–water partition coefficient (Wildman–Crippen LogP) is -3.03. The number of nitrogens with two attached hydrogens (primary N) is 2. The van der Waals surface area contributed by atoms with E-state index in [9.17, 15) is 9.59 Å². The van der Waals surface area contributed by atoms with Gasteiger partial charge < -0.3 is 0 Å². The molecule has 0 aromatic carbocycles. The van der Waals surface area contributed by atoms with Crippen molar-refractivity contribution < 1.29 is 9.59 Å². The van der Waals surface area contributed by atoms with Crippen molar-refractivity contribution in [2.75, 3.05) is 0 Å². The Hall–Kier alpha value is -1.14. The van der Waals surface area contributed by atoms with E-state index in [-0.39, 0.29) is 0 Å². The maximum absolute atomic E-state index is 10.0. The number of amides is 2. The SMILES string of the molecule is NNC(=O)C(=O)NN. The summed E-state index contributed by atoms with van der Waals surface area (Å²) < 4.78 is 0. The first-order valence-electron chi connectivity index (χ1n) is 1.74. The van der Waals surface area contributed by atoms with Gasteiger partial charge in [-0.2, -0.15) is 0 Å². The number of carbonyl (C=O) groups is 2. The minimum absolute atomic E-state index is 0.965. The van der Waals surface area contributed by atoms with Gasteiger partial charge in [0.1, 0.15) is 0 Å². The minimum Gasteiger partial charge on any atom is -0.286 e. The Labute approximate surface area is 45.1 Å². The standard InChI is InChI=1S/C2H6N4O2/c3-5-1(7)2(8)6-4/h3-4H2,(H,5,7)(H,6,8). The highest BCUT2D eigenvalue weighted by atomic mass is 16.2. The van der Waals surface area contributed by atoms with Crippen LogP contribution in [0.25, 0.3) is 0 Å². The highest BCUT2D eigenvalue weighted by Crippen LogP contribution is 1.55. The first kappa shape index (κ1) is 6.86. The number of carbonyl (C=O) groups excluding carboxylic acids is 2. The molecule has 0 heterocycles. The molecular formula is C2H6N4O2. The Bertz CT molecular complexity index is 96.6. The smallest absolute Gasteiger partial charge is 0.286 e. The van der Waals surface area contributed by atoms with E-state index in [0.29, 0.717) is 0 Å². The molecule has 6 N–H and O–H groups in total. The van der Waals surface area contributed by atoms with E-state index < -0.39 is 11.8 Å². The number of hydrogen-bond donors (Lipinski definition) is 4. The fraction of sp³-hybridized carbons (Fsp3) is 0. The van der Waals surface area contributed by atoms with E-state index in [1.54, 1.807) is 10.9 Å². The molecular weight excluding hydrogens is 112 g/mol. The summed E-state index contributed by atoms with van der Waals surface area (Å²) >= 11 is 0. The molecule has 46 valence electrons. The summed E-state index contributed by atoms with van der Waals surface area (Å²) in [6, 6.07) is 0. The molecule has 0 aliphatic carbocycles. The summed E-state index contributed by atoms with van der Waals surface area (Å²) in [5.74, 6) is 7.13. The normalized spacial score (nSPS) is 7.75. The highest BCUT2D eigenvalue weighted by molar-refractivity contribution is 6.34. The molecule has 0 radical (unpaired) electrons. The summed E-state index contributed by atoms with van der Waals surface area (Å²) in [6.07, 6.45) is 0. The second-order valence-corrected chi connectivity index (χ2v) is 0.947. The fourth-order valence-electron chi connectivity index (χ4n) is 0.131. The minimum atomic E-state index is -0.965. The van der Waals surface area contributed by atoms with Crippen LogP contribution in [0.3, 0.4) is 0 Å². The van der Waals surface area contributed by atoms with Crippen LogP contribution in [0.1, 0.15) is 0 Å². The molecule has 0 bridgehead atoms. The van der Waals surface area contributed by atoms with Gasteiger partial charge in [0.25, 0.3) is 0 Å². The molecule has 2 amide bonds. The average Bonchev–Trinajstić information content (AvgIpc) is 1.84. The number of nitrogens with one attached hydrogen (secondary N) is 2. The summed E-state index contributed by atoms with van der Waals surface area (Å²) in [6.45, 7) is 0. The van der Waals surface area contributed by atoms with Gasteiger partial charge in [0.15, 0.2) is 0 Å². The zero-order valence-electron chi connectivity index (χ0n) is 3.97. The Balaban J connectivity index is 3.64. The van der Waals surface area contributed by atoms with E-state index >= 15 is 0 Å². The zero-order chi connectivity index (χ0) is 6.57. The Morgan fingerprint density at radius 2 is 1.25 bits per heavy atom. The van der Waals surface area contributed by atoms with Crippen LogP contribution in [0.15, 0.2) is 0 Å². The van der Waals surface area contributed by atoms with Crippen molar-refractivity contribution in [3.05, 3.63) is 0 Å². The number of rotatable bonds is 0. The molecule has 6 nitrogen and oxygen atoms in total. The van der Waals surface area contributed by atoms with Crippen LogP contribution in [0.4, 0.5) is 0 Å². The van der Waals surface area contributed by atoms with Crippen LogP contribution < -0.4 is 22.5 Å². The lowest BCUT2D eigenvalue weighted by molar-refractivity contribution is -0.139. The van der Waals surface area contributed by atoms with Crippen LogP contribution in [-0.4, -0.2) is 11.8 Å². The number of hydrazine groups is 2. The van der Waals surface area contributed by atoms with E-state index in [1.165, 1.54) is 0 Å². The van der Waals surface area contributed by atoms with Crippen molar-refractivity contribution in [3.63, 3.8) is 0 Å². The Morgan fingerprint density at radius 3 is 1.38 bits per heavy atom. The number of hydrogen-bond acceptors (Lipinski definition) is 4. The molecule has 0 rings (SSSR count). The predicted molar refractivity (Wildman–Crippen MR) is 24.7 cm³/mol. The van der Waals surface area contributed by atoms with Crippen LogP contribution >= 0.6 is 0 Å². The molecule has 6 heteroatoms. The van der Waals surface area contributed by atoms with Gasteiger partial charge in [-0.15, -0.1) is 0 Å². The van der Waals surface area contributed by atoms with Gasteiger partial charge in [0, 0.05) is 0 Å². The van der Waals surface area contributed by atoms with Crippen molar-refractivity contribution in [1.29, 1.82) is 0 Å². The van der Waals surface area contributed by atoms with Gasteiger partial charge in [-0.3, -0.25) is 20.4 Å². The lowest BCUT2D eigenvalue weighted by Gasteiger charge is -1.93. The third-order valence-electron chi connectivity index (χ3n) is 0.468. The molecule has 0 aromatic rings. The van der Waals surface area contributed by atoms with E-state index in [0.717, 1.165) is 0 Å². The third-order valence-corrected chi connectivity index (χ3v) is 0.468. The topological polar surface area (TPSA) is 110 Å². The lowest BCUT2D eigenvalue weighted by atomic mass is 10.6. The van der Waals surface area contributed by atoms with Crippen molar-refractivity contribution >= 4 is 11.8 Å².